The van der Waals surface area contributed by atoms with Crippen molar-refractivity contribution in [2.24, 2.45) is 0 Å². The number of hydrogen-bond acceptors (Lipinski definition) is 4. The lowest BCUT2D eigenvalue weighted by molar-refractivity contribution is 0.0967. The van der Waals surface area contributed by atoms with Gasteiger partial charge in [0.2, 0.25) is 0 Å². The van der Waals surface area contributed by atoms with Gasteiger partial charge in [0.1, 0.15) is 0 Å². The largest absolute Gasteiger partial charge is 0.354 e. The summed E-state index contributed by atoms with van der Waals surface area (Å²) in [6, 6.07) is 8.18. The second-order valence-electron chi connectivity index (χ2n) is 3.84. The highest BCUT2D eigenvalue weighted by Gasteiger charge is 2.18. The maximum absolute atomic E-state index is 12.2. The number of anilines is 1. The van der Waals surface area contributed by atoms with E-state index in [-0.39, 0.29) is 10.8 Å². The van der Waals surface area contributed by atoms with Crippen LogP contribution in [-0.4, -0.2) is 21.4 Å². The molecule has 2 N–H and O–H groups in total. The zero-order valence-electron chi connectivity index (χ0n) is 10.4. The summed E-state index contributed by atoms with van der Waals surface area (Å²) in [5.74, 6) is -0.307. The molecule has 2 aromatic rings. The zero-order chi connectivity index (χ0) is 14.8. The normalized spacial score (nSPS) is 11.1. The number of carbonyl (C=O) groups is 1. The van der Waals surface area contributed by atoms with E-state index < -0.39 is 10.0 Å². The highest BCUT2D eigenvalue weighted by Crippen LogP contribution is 2.23. The lowest BCUT2D eigenvalue weighted by atomic mass is 10.3. The maximum Gasteiger partial charge on any atom is 0.262 e. The van der Waals surface area contributed by atoms with Crippen molar-refractivity contribution >= 4 is 48.9 Å². The monoisotopic (exact) mass is 374 g/mol. The fraction of sp³-hybridized carbons (Fsp3) is 0.0833. The Morgan fingerprint density at radius 2 is 2.05 bits per heavy atom. The summed E-state index contributed by atoms with van der Waals surface area (Å²) in [5, 5.41) is 3.89. The van der Waals surface area contributed by atoms with Gasteiger partial charge in [0.05, 0.1) is 9.77 Å². The summed E-state index contributed by atoms with van der Waals surface area (Å²) in [7, 11) is -2.20. The summed E-state index contributed by atoms with van der Waals surface area (Å²) in [6.07, 6.45) is 0. The second kappa shape index (κ2) is 5.94. The van der Waals surface area contributed by atoms with E-state index in [1.165, 1.54) is 18.5 Å². The Kier molecular flexibility index (Phi) is 4.46. The molecule has 0 saturated heterocycles. The molecule has 8 heteroatoms. The minimum absolute atomic E-state index is 0.0704. The van der Waals surface area contributed by atoms with Crippen molar-refractivity contribution in [3.05, 3.63) is 45.1 Å². The van der Waals surface area contributed by atoms with Gasteiger partial charge in [0.15, 0.2) is 0 Å². The molecule has 1 heterocycles. The summed E-state index contributed by atoms with van der Waals surface area (Å²) in [5.41, 5.74) is 0.451. The number of halogens is 1. The van der Waals surface area contributed by atoms with Crippen molar-refractivity contribution in [2.45, 2.75) is 4.90 Å². The molecule has 0 spiro atoms. The SMILES string of the molecule is CNC(=O)c1cc(S(=O)(=O)Nc2cccc(Br)c2)cs1. The molecular formula is C12H11BrN2O3S2. The average Bonchev–Trinajstić information content (AvgIpc) is 2.87. The molecule has 0 aliphatic carbocycles. The van der Waals surface area contributed by atoms with Crippen LogP contribution in [0.5, 0.6) is 0 Å². The molecule has 0 atom stereocenters. The third-order valence-corrected chi connectivity index (χ3v) is 5.35. The first-order chi connectivity index (χ1) is 9.42. The van der Waals surface area contributed by atoms with Gasteiger partial charge in [-0.1, -0.05) is 22.0 Å². The fourth-order valence-corrected chi connectivity index (χ4v) is 4.14. The third-order valence-electron chi connectivity index (χ3n) is 2.41. The Morgan fingerprint density at radius 3 is 2.70 bits per heavy atom. The van der Waals surface area contributed by atoms with Crippen LogP contribution in [0.25, 0.3) is 0 Å². The zero-order valence-corrected chi connectivity index (χ0v) is 13.6. The molecular weight excluding hydrogens is 364 g/mol. The summed E-state index contributed by atoms with van der Waals surface area (Å²) in [6.45, 7) is 0. The summed E-state index contributed by atoms with van der Waals surface area (Å²) >= 11 is 4.36. The van der Waals surface area contributed by atoms with Gasteiger partial charge in [-0.25, -0.2) is 8.42 Å². The minimum Gasteiger partial charge on any atom is -0.354 e. The van der Waals surface area contributed by atoms with E-state index in [0.29, 0.717) is 10.6 Å². The third kappa shape index (κ3) is 3.38. The highest BCUT2D eigenvalue weighted by molar-refractivity contribution is 9.10. The minimum atomic E-state index is -3.69. The van der Waals surface area contributed by atoms with Crippen molar-refractivity contribution in [2.75, 3.05) is 11.8 Å². The molecule has 0 aliphatic heterocycles. The van der Waals surface area contributed by atoms with Crippen LogP contribution in [0.2, 0.25) is 0 Å². The molecule has 0 aliphatic rings. The molecule has 20 heavy (non-hydrogen) atoms. The summed E-state index contributed by atoms with van der Waals surface area (Å²) < 4.78 is 27.6. The Morgan fingerprint density at radius 1 is 1.30 bits per heavy atom. The predicted octanol–water partition coefficient (Wildman–Crippen LogP) is 2.67. The lowest BCUT2D eigenvalue weighted by Gasteiger charge is -2.06. The first kappa shape index (κ1) is 15.0. The Labute approximate surface area is 129 Å². The van der Waals surface area contributed by atoms with Crippen LogP contribution in [0, 0.1) is 0 Å². The number of sulfonamides is 1. The molecule has 106 valence electrons. The van der Waals surface area contributed by atoms with E-state index in [1.54, 1.807) is 24.3 Å². The Balaban J connectivity index is 2.27. The van der Waals surface area contributed by atoms with E-state index in [2.05, 4.69) is 26.0 Å². The average molecular weight is 375 g/mol. The molecule has 1 aromatic carbocycles. The van der Waals surface area contributed by atoms with Crippen LogP contribution < -0.4 is 10.0 Å². The number of thiophene rings is 1. The number of amides is 1. The van der Waals surface area contributed by atoms with Crippen molar-refractivity contribution in [1.29, 1.82) is 0 Å². The lowest BCUT2D eigenvalue weighted by Crippen LogP contribution is -2.16. The molecule has 0 bridgehead atoms. The maximum atomic E-state index is 12.2. The molecule has 0 fully saturated rings. The van der Waals surface area contributed by atoms with Crippen LogP contribution >= 0.6 is 27.3 Å². The van der Waals surface area contributed by atoms with E-state index in [4.69, 9.17) is 0 Å². The summed E-state index contributed by atoms with van der Waals surface area (Å²) in [4.78, 5) is 11.9. The van der Waals surface area contributed by atoms with Gasteiger partial charge in [-0.15, -0.1) is 11.3 Å². The molecule has 1 aromatic heterocycles. The quantitative estimate of drug-likeness (QED) is 0.863. The standard InChI is InChI=1S/C12H11BrN2O3S2/c1-14-12(16)11-6-10(7-19-11)20(17,18)15-9-4-2-3-8(13)5-9/h2-7,15H,1H3,(H,14,16). The van der Waals surface area contributed by atoms with Crippen LogP contribution in [0.4, 0.5) is 5.69 Å². The highest BCUT2D eigenvalue weighted by atomic mass is 79.9. The van der Waals surface area contributed by atoms with Crippen LogP contribution in [-0.2, 0) is 10.0 Å². The van der Waals surface area contributed by atoms with Gasteiger partial charge in [-0.05, 0) is 24.3 Å². The Bertz CT molecular complexity index is 741. The van der Waals surface area contributed by atoms with Gasteiger partial charge in [0.25, 0.3) is 15.9 Å². The molecule has 0 radical (unpaired) electrons. The van der Waals surface area contributed by atoms with E-state index in [9.17, 15) is 13.2 Å². The number of rotatable bonds is 4. The topological polar surface area (TPSA) is 75.3 Å². The first-order valence-corrected chi connectivity index (χ1v) is 8.67. The Hall–Kier alpha value is -1.38. The predicted molar refractivity (Wildman–Crippen MR) is 82.7 cm³/mol. The number of carbonyl (C=O) groups excluding carboxylic acids is 1. The van der Waals surface area contributed by atoms with E-state index in [1.807, 2.05) is 0 Å². The smallest absolute Gasteiger partial charge is 0.262 e. The molecule has 0 saturated carbocycles. The van der Waals surface area contributed by atoms with Gasteiger partial charge in [-0.2, -0.15) is 0 Å². The van der Waals surface area contributed by atoms with E-state index >= 15 is 0 Å². The molecule has 5 nitrogen and oxygen atoms in total. The van der Waals surface area contributed by atoms with Gasteiger partial charge in [-0.3, -0.25) is 9.52 Å². The van der Waals surface area contributed by atoms with Gasteiger partial charge < -0.3 is 5.32 Å². The molecule has 2 rings (SSSR count). The number of nitrogens with one attached hydrogen (secondary N) is 2. The van der Waals surface area contributed by atoms with Crippen LogP contribution in [0.3, 0.4) is 0 Å². The second-order valence-corrected chi connectivity index (χ2v) is 7.35. The van der Waals surface area contributed by atoms with Gasteiger partial charge in [0, 0.05) is 22.6 Å². The van der Waals surface area contributed by atoms with Crippen molar-refractivity contribution in [3.8, 4) is 0 Å². The number of benzene rings is 1. The fourth-order valence-electron chi connectivity index (χ4n) is 1.47. The van der Waals surface area contributed by atoms with Crippen LogP contribution in [0.1, 0.15) is 9.67 Å². The van der Waals surface area contributed by atoms with Crippen LogP contribution in [0.15, 0.2) is 45.1 Å². The molecule has 1 amide bonds. The van der Waals surface area contributed by atoms with Crippen molar-refractivity contribution in [1.82, 2.24) is 5.32 Å². The van der Waals surface area contributed by atoms with Crippen molar-refractivity contribution in [3.63, 3.8) is 0 Å². The van der Waals surface area contributed by atoms with E-state index in [0.717, 1.165) is 15.8 Å². The van der Waals surface area contributed by atoms with Crippen molar-refractivity contribution < 1.29 is 13.2 Å². The molecule has 0 unspecified atom stereocenters. The number of hydrogen-bond donors (Lipinski definition) is 2. The first-order valence-electron chi connectivity index (χ1n) is 5.51. The van der Waals surface area contributed by atoms with Gasteiger partial charge >= 0.3 is 0 Å².